The van der Waals surface area contributed by atoms with Crippen molar-refractivity contribution in [2.45, 2.75) is 11.8 Å². The van der Waals surface area contributed by atoms with E-state index in [1.807, 2.05) is 31.2 Å². The van der Waals surface area contributed by atoms with Crippen molar-refractivity contribution >= 4 is 38.2 Å². The van der Waals surface area contributed by atoms with Crippen molar-refractivity contribution in [2.24, 2.45) is 5.84 Å². The Morgan fingerprint density at radius 1 is 0.719 bits per heavy atom. The maximum Gasteiger partial charge on any atom is 0.268 e. The molecule has 11 nitrogen and oxygen atoms in total. The summed E-state index contributed by atoms with van der Waals surface area (Å²) in [6, 6.07) is 41.1. The first-order chi connectivity index (χ1) is 27.5. The molecule has 0 saturated carbocycles. The van der Waals surface area contributed by atoms with Gasteiger partial charge in [-0.25, -0.2) is 25.9 Å². The first-order valence-corrected chi connectivity index (χ1v) is 18.8. The van der Waals surface area contributed by atoms with Gasteiger partial charge in [0.1, 0.15) is 23.0 Å². The fourth-order valence-corrected chi connectivity index (χ4v) is 7.36. The van der Waals surface area contributed by atoms with Crippen LogP contribution in [-0.2, 0) is 10.0 Å². The molecule has 0 saturated heterocycles. The molecule has 0 aliphatic heterocycles. The third-order valence-corrected chi connectivity index (χ3v) is 10.5. The number of hydrogen-bond acceptors (Lipinski definition) is 9. The molecule has 0 spiro atoms. The lowest BCUT2D eigenvalue weighted by molar-refractivity contribution is 0.103. The number of aryl methyl sites for hydroxylation is 1. The number of hydrogen-bond donors (Lipinski definition) is 3. The second-order valence-electron chi connectivity index (χ2n) is 12.6. The molecule has 0 bridgehead atoms. The molecule has 0 aliphatic carbocycles. The number of ketones is 1. The van der Waals surface area contributed by atoms with E-state index in [1.165, 1.54) is 53.3 Å². The molecule has 0 radical (unpaired) electrons. The van der Waals surface area contributed by atoms with E-state index in [1.54, 1.807) is 84.9 Å². The largest absolute Gasteiger partial charge is 0.454 e. The predicted molar refractivity (Wildman–Crippen MR) is 214 cm³/mol. The maximum absolute atomic E-state index is 14.9. The van der Waals surface area contributed by atoms with Gasteiger partial charge in [0.25, 0.3) is 10.0 Å². The van der Waals surface area contributed by atoms with Crippen LogP contribution in [-0.4, -0.2) is 28.0 Å². The lowest BCUT2D eigenvalue weighted by Crippen LogP contribution is -2.19. The van der Waals surface area contributed by atoms with Gasteiger partial charge in [0.15, 0.2) is 23.1 Å². The number of nitrogen functional groups attached to an aromatic ring is 2. The van der Waals surface area contributed by atoms with Crippen LogP contribution in [0.3, 0.4) is 0 Å². The maximum atomic E-state index is 14.9. The number of fused-ring (bicyclic) bond motifs is 1. The van der Waals surface area contributed by atoms with Crippen molar-refractivity contribution in [3.8, 4) is 28.7 Å². The van der Waals surface area contributed by atoms with E-state index < -0.39 is 27.4 Å². The molecule has 14 heteroatoms. The summed E-state index contributed by atoms with van der Waals surface area (Å²) in [5.74, 6) is 4.57. The summed E-state index contributed by atoms with van der Waals surface area (Å²) in [6.45, 7) is 1.85. The van der Waals surface area contributed by atoms with Gasteiger partial charge in [0.05, 0.1) is 33.5 Å². The molecule has 2 heterocycles. The minimum absolute atomic E-state index is 0.00723. The fraction of sp³-hybridized carbons (Fsp3) is 0.0233. The number of halogens is 2. The van der Waals surface area contributed by atoms with Gasteiger partial charge >= 0.3 is 0 Å². The van der Waals surface area contributed by atoms with Crippen LogP contribution in [0.25, 0.3) is 16.6 Å². The highest BCUT2D eigenvalue weighted by molar-refractivity contribution is 7.90. The van der Waals surface area contributed by atoms with Gasteiger partial charge in [0.2, 0.25) is 5.78 Å². The highest BCUT2D eigenvalue weighted by Gasteiger charge is 2.29. The van der Waals surface area contributed by atoms with E-state index in [4.69, 9.17) is 21.1 Å². The number of carbonyl (C=O) groups is 1. The van der Waals surface area contributed by atoms with E-state index in [2.05, 4.69) is 10.5 Å². The minimum Gasteiger partial charge on any atom is -0.454 e. The van der Waals surface area contributed by atoms with Crippen LogP contribution in [0.15, 0.2) is 163 Å². The highest BCUT2D eigenvalue weighted by atomic mass is 32.2. The van der Waals surface area contributed by atoms with Gasteiger partial charge in [-0.1, -0.05) is 72.3 Å². The Kier molecular flexibility index (Phi) is 10.8. The normalized spacial score (nSPS) is 11.1. The van der Waals surface area contributed by atoms with Crippen LogP contribution in [0.4, 0.5) is 20.3 Å². The van der Waals surface area contributed by atoms with Crippen LogP contribution >= 0.6 is 0 Å². The van der Waals surface area contributed by atoms with Crippen molar-refractivity contribution in [3.05, 3.63) is 186 Å². The zero-order valence-corrected chi connectivity index (χ0v) is 31.0. The van der Waals surface area contributed by atoms with E-state index in [-0.39, 0.29) is 39.2 Å². The Labute approximate surface area is 326 Å². The second-order valence-corrected chi connectivity index (χ2v) is 14.4. The molecule has 0 fully saturated rings. The Morgan fingerprint density at radius 3 is 1.89 bits per heavy atom. The molecule has 57 heavy (non-hydrogen) atoms. The van der Waals surface area contributed by atoms with Gasteiger partial charge in [0, 0.05) is 17.5 Å². The number of aromatic nitrogens is 3. The Balaban J connectivity index is 0.000000259. The van der Waals surface area contributed by atoms with Gasteiger partial charge in [-0.15, -0.1) is 0 Å². The summed E-state index contributed by atoms with van der Waals surface area (Å²) in [6.07, 6.45) is 1.24. The van der Waals surface area contributed by atoms with Gasteiger partial charge in [-0.2, -0.15) is 5.10 Å². The van der Waals surface area contributed by atoms with Gasteiger partial charge in [-0.05, 0) is 79.7 Å². The quantitative estimate of drug-likeness (QED) is 0.0700. The van der Waals surface area contributed by atoms with E-state index >= 15 is 0 Å². The SMILES string of the molecule is Cc1ccc(S(=O)(=O)n2c(C(=O)c3cnn(-c4ccc(Oc5ccccc5)c(F)c4)c3N)cc3ccccc32)cc1.NNc1ccc(Oc2ccccc2)c(F)c1. The lowest BCUT2D eigenvalue weighted by atomic mass is 10.1. The van der Waals surface area contributed by atoms with Gasteiger partial charge in [-0.3, -0.25) is 10.6 Å². The summed E-state index contributed by atoms with van der Waals surface area (Å²) in [5, 5.41) is 4.77. The van der Waals surface area contributed by atoms with Crippen molar-refractivity contribution in [1.29, 1.82) is 0 Å². The number of hydrazine groups is 1. The fourth-order valence-electron chi connectivity index (χ4n) is 5.85. The van der Waals surface area contributed by atoms with E-state index in [9.17, 15) is 22.0 Å². The minimum atomic E-state index is -4.15. The Hall–Kier alpha value is -7.29. The van der Waals surface area contributed by atoms with Crippen molar-refractivity contribution in [2.75, 3.05) is 11.2 Å². The molecule has 0 aliphatic rings. The average molecular weight is 785 g/mol. The highest BCUT2D eigenvalue weighted by Crippen LogP contribution is 2.31. The Morgan fingerprint density at radius 2 is 1.30 bits per heavy atom. The summed E-state index contributed by atoms with van der Waals surface area (Å²) >= 11 is 0. The van der Waals surface area contributed by atoms with Gasteiger partial charge < -0.3 is 20.6 Å². The standard InChI is InChI=1S/C31H23FN4O4S.C12H11FN2O/c1-20-11-14-24(15-12-20)41(38,39)36-27-10-6-5-7-21(27)17-28(36)30(37)25-19-34-35(31(25)33)22-13-16-29(26(32)18-22)40-23-8-3-2-4-9-23;13-11-8-9(15-14)6-7-12(11)16-10-4-2-1-3-5-10/h2-19H,33H2,1H3;1-8,15H,14H2. The first-order valence-electron chi connectivity index (χ1n) is 17.4. The van der Waals surface area contributed by atoms with Crippen LogP contribution in [0, 0.1) is 18.6 Å². The summed E-state index contributed by atoms with van der Waals surface area (Å²) in [7, 11) is -4.15. The number of nitrogens with one attached hydrogen (secondary N) is 1. The summed E-state index contributed by atoms with van der Waals surface area (Å²) in [5.41, 5.74) is 10.6. The summed E-state index contributed by atoms with van der Waals surface area (Å²) in [4.78, 5) is 13.9. The van der Waals surface area contributed by atoms with Crippen LogP contribution in [0.2, 0.25) is 0 Å². The van der Waals surface area contributed by atoms with E-state index in [0.29, 0.717) is 28.1 Å². The van der Waals surface area contributed by atoms with Crippen LogP contribution in [0.5, 0.6) is 23.0 Å². The topological polar surface area (TPSA) is 156 Å². The molecule has 8 aromatic rings. The molecule has 0 amide bonds. The third-order valence-electron chi connectivity index (χ3n) is 8.71. The number of rotatable bonds is 10. The molecular weight excluding hydrogens is 751 g/mol. The molecule has 6 aromatic carbocycles. The number of ether oxygens (including phenoxy) is 2. The number of anilines is 2. The molecule has 0 atom stereocenters. The van der Waals surface area contributed by atoms with Crippen molar-refractivity contribution in [1.82, 2.24) is 13.8 Å². The van der Waals surface area contributed by atoms with Crippen molar-refractivity contribution < 1.29 is 31.5 Å². The van der Waals surface area contributed by atoms with Crippen LogP contribution < -0.4 is 26.5 Å². The molecule has 8 rings (SSSR count). The van der Waals surface area contributed by atoms with Crippen LogP contribution in [0.1, 0.15) is 21.6 Å². The number of nitrogens with zero attached hydrogens (tertiary/aromatic N) is 3. The molecule has 286 valence electrons. The summed E-state index contributed by atoms with van der Waals surface area (Å²) < 4.78 is 69.2. The molecule has 2 aromatic heterocycles. The third kappa shape index (κ3) is 8.08. The monoisotopic (exact) mass is 784 g/mol. The first kappa shape index (κ1) is 38.0. The lowest BCUT2D eigenvalue weighted by Gasteiger charge is -2.12. The average Bonchev–Trinajstić information content (AvgIpc) is 3.82. The smallest absolute Gasteiger partial charge is 0.268 e. The second kappa shape index (κ2) is 16.2. The molecular formula is C43H34F2N6O5S. The zero-order chi connectivity index (χ0) is 40.1. The van der Waals surface area contributed by atoms with E-state index in [0.717, 1.165) is 9.54 Å². The van der Waals surface area contributed by atoms with Crippen molar-refractivity contribution in [3.63, 3.8) is 0 Å². The molecule has 0 unspecified atom stereocenters. The molecule has 5 N–H and O–H groups in total. The number of para-hydroxylation sites is 3. The Bertz CT molecular complexity index is 2810. The predicted octanol–water partition coefficient (Wildman–Crippen LogP) is 9.02. The number of carbonyl (C=O) groups excluding carboxylic acids is 1. The number of benzene rings is 6. The zero-order valence-electron chi connectivity index (χ0n) is 30.2. The number of nitrogens with two attached hydrogens (primary N) is 2.